The lowest BCUT2D eigenvalue weighted by Gasteiger charge is -2.07. The maximum atomic E-state index is 12.8. The SMILES string of the molecule is O=S(=O)(Cc1ccc(CO)cc1)NCc1ccc(F)cc1. The van der Waals surface area contributed by atoms with Crippen LogP contribution in [-0.2, 0) is 28.9 Å². The van der Waals surface area contributed by atoms with E-state index in [-0.39, 0.29) is 24.7 Å². The van der Waals surface area contributed by atoms with Crippen LogP contribution in [0.2, 0.25) is 0 Å². The number of hydrogen-bond acceptors (Lipinski definition) is 3. The Kier molecular flexibility index (Phi) is 5.06. The molecule has 0 amide bonds. The van der Waals surface area contributed by atoms with Crippen molar-refractivity contribution < 1.29 is 17.9 Å². The molecule has 0 saturated carbocycles. The Morgan fingerprint density at radius 3 is 2.00 bits per heavy atom. The number of nitrogens with one attached hydrogen (secondary N) is 1. The molecule has 0 aliphatic heterocycles. The van der Waals surface area contributed by atoms with Crippen LogP contribution in [0.3, 0.4) is 0 Å². The molecule has 0 atom stereocenters. The molecule has 112 valence electrons. The van der Waals surface area contributed by atoms with Gasteiger partial charge in [0.2, 0.25) is 10.0 Å². The molecule has 6 heteroatoms. The monoisotopic (exact) mass is 309 g/mol. The molecule has 2 rings (SSSR count). The molecule has 0 aliphatic carbocycles. The topological polar surface area (TPSA) is 66.4 Å². The Balaban J connectivity index is 1.96. The summed E-state index contributed by atoms with van der Waals surface area (Å²) in [5.74, 6) is -0.495. The number of rotatable bonds is 6. The average molecular weight is 309 g/mol. The van der Waals surface area contributed by atoms with Gasteiger partial charge in [0.05, 0.1) is 12.4 Å². The van der Waals surface area contributed by atoms with E-state index in [1.54, 1.807) is 24.3 Å². The first-order valence-electron chi connectivity index (χ1n) is 6.39. The van der Waals surface area contributed by atoms with Crippen LogP contribution in [0.15, 0.2) is 48.5 Å². The highest BCUT2D eigenvalue weighted by Crippen LogP contribution is 2.09. The van der Waals surface area contributed by atoms with E-state index in [9.17, 15) is 12.8 Å². The molecule has 0 aromatic heterocycles. The first kappa shape index (κ1) is 15.6. The van der Waals surface area contributed by atoms with E-state index in [0.29, 0.717) is 11.1 Å². The summed E-state index contributed by atoms with van der Waals surface area (Å²) in [7, 11) is -3.47. The highest BCUT2D eigenvalue weighted by Gasteiger charge is 2.11. The lowest BCUT2D eigenvalue weighted by atomic mass is 10.2. The summed E-state index contributed by atoms with van der Waals surface area (Å²) >= 11 is 0. The van der Waals surface area contributed by atoms with Gasteiger partial charge in [0, 0.05) is 6.54 Å². The van der Waals surface area contributed by atoms with Gasteiger partial charge in [0.1, 0.15) is 5.82 Å². The zero-order valence-corrected chi connectivity index (χ0v) is 12.1. The first-order chi connectivity index (χ1) is 9.98. The summed E-state index contributed by atoms with van der Waals surface area (Å²) in [6, 6.07) is 12.4. The highest BCUT2D eigenvalue weighted by atomic mass is 32.2. The van der Waals surface area contributed by atoms with E-state index in [2.05, 4.69) is 4.72 Å². The molecular formula is C15H16FNO3S. The molecule has 2 aromatic rings. The van der Waals surface area contributed by atoms with Gasteiger partial charge in [-0.1, -0.05) is 36.4 Å². The molecule has 21 heavy (non-hydrogen) atoms. The van der Waals surface area contributed by atoms with Gasteiger partial charge in [-0.2, -0.15) is 0 Å². The van der Waals surface area contributed by atoms with Crippen molar-refractivity contribution in [2.24, 2.45) is 0 Å². The minimum Gasteiger partial charge on any atom is -0.392 e. The van der Waals surface area contributed by atoms with Crippen molar-refractivity contribution in [2.75, 3.05) is 0 Å². The fourth-order valence-electron chi connectivity index (χ4n) is 1.81. The number of sulfonamides is 1. The normalized spacial score (nSPS) is 11.5. The molecule has 0 spiro atoms. The van der Waals surface area contributed by atoms with Crippen molar-refractivity contribution >= 4 is 10.0 Å². The van der Waals surface area contributed by atoms with E-state index in [4.69, 9.17) is 5.11 Å². The largest absolute Gasteiger partial charge is 0.392 e. The molecule has 0 unspecified atom stereocenters. The Labute approximate surface area is 123 Å². The van der Waals surface area contributed by atoms with Gasteiger partial charge < -0.3 is 5.11 Å². The Morgan fingerprint density at radius 1 is 0.905 bits per heavy atom. The van der Waals surface area contributed by atoms with Crippen molar-refractivity contribution in [1.82, 2.24) is 4.72 Å². The summed E-state index contributed by atoms with van der Waals surface area (Å²) < 4.78 is 39.1. The van der Waals surface area contributed by atoms with Gasteiger partial charge in [-0.25, -0.2) is 17.5 Å². The van der Waals surface area contributed by atoms with E-state index < -0.39 is 10.0 Å². The first-order valence-corrected chi connectivity index (χ1v) is 8.04. The molecule has 4 nitrogen and oxygen atoms in total. The van der Waals surface area contributed by atoms with Crippen LogP contribution in [0, 0.1) is 5.82 Å². The summed E-state index contributed by atoms with van der Waals surface area (Å²) in [6.45, 7) is 0.0488. The molecule has 2 N–H and O–H groups in total. The molecule has 0 saturated heterocycles. The lowest BCUT2D eigenvalue weighted by molar-refractivity contribution is 0.282. The van der Waals surface area contributed by atoms with Gasteiger partial charge >= 0.3 is 0 Å². The van der Waals surface area contributed by atoms with Gasteiger partial charge in [-0.15, -0.1) is 0 Å². The summed E-state index contributed by atoms with van der Waals surface area (Å²) in [5.41, 5.74) is 2.06. The molecule has 0 fully saturated rings. The van der Waals surface area contributed by atoms with E-state index in [1.807, 2.05) is 0 Å². The fraction of sp³-hybridized carbons (Fsp3) is 0.200. The fourth-order valence-corrected chi connectivity index (χ4v) is 2.93. The Hall–Kier alpha value is -1.76. The smallest absolute Gasteiger partial charge is 0.216 e. The number of benzene rings is 2. The third-order valence-electron chi connectivity index (χ3n) is 2.97. The van der Waals surface area contributed by atoms with Gasteiger partial charge in [0.15, 0.2) is 0 Å². The van der Waals surface area contributed by atoms with Crippen molar-refractivity contribution in [3.05, 3.63) is 71.0 Å². The molecule has 2 aromatic carbocycles. The lowest BCUT2D eigenvalue weighted by Crippen LogP contribution is -2.24. The van der Waals surface area contributed by atoms with Crippen LogP contribution in [0.1, 0.15) is 16.7 Å². The number of halogens is 1. The molecule has 0 bridgehead atoms. The van der Waals surface area contributed by atoms with Crippen molar-refractivity contribution in [1.29, 1.82) is 0 Å². The van der Waals surface area contributed by atoms with Crippen molar-refractivity contribution in [3.63, 3.8) is 0 Å². The van der Waals surface area contributed by atoms with Crippen LogP contribution in [0.25, 0.3) is 0 Å². The van der Waals surface area contributed by atoms with Gasteiger partial charge in [0.25, 0.3) is 0 Å². The third kappa shape index (κ3) is 4.93. The number of hydrogen-bond donors (Lipinski definition) is 2. The Bertz CT molecular complexity index is 682. The quantitative estimate of drug-likeness (QED) is 0.857. The maximum absolute atomic E-state index is 12.8. The molecule has 0 heterocycles. The standard InChI is InChI=1S/C15H16FNO3S/c16-15-7-5-12(6-8-15)9-17-21(19,20)11-14-3-1-13(10-18)2-4-14/h1-8,17-18H,9-11H2. The predicted octanol–water partition coefficient (Wildman–Crippen LogP) is 1.94. The maximum Gasteiger partial charge on any atom is 0.216 e. The van der Waals surface area contributed by atoms with Crippen molar-refractivity contribution in [2.45, 2.75) is 18.9 Å². The zero-order valence-electron chi connectivity index (χ0n) is 11.3. The highest BCUT2D eigenvalue weighted by molar-refractivity contribution is 7.88. The van der Waals surface area contributed by atoms with Crippen LogP contribution in [0.5, 0.6) is 0 Å². The second-order valence-corrected chi connectivity index (χ2v) is 6.49. The summed E-state index contributed by atoms with van der Waals surface area (Å²) in [6.07, 6.45) is 0. The second-order valence-electron chi connectivity index (χ2n) is 4.68. The van der Waals surface area contributed by atoms with Crippen molar-refractivity contribution in [3.8, 4) is 0 Å². The Morgan fingerprint density at radius 2 is 1.43 bits per heavy atom. The summed E-state index contributed by atoms with van der Waals surface area (Å²) in [5, 5.41) is 8.93. The van der Waals surface area contributed by atoms with Gasteiger partial charge in [-0.05, 0) is 28.8 Å². The van der Waals surface area contributed by atoms with E-state index in [0.717, 1.165) is 5.56 Å². The van der Waals surface area contributed by atoms with Crippen LogP contribution in [0.4, 0.5) is 4.39 Å². The van der Waals surface area contributed by atoms with E-state index in [1.165, 1.54) is 24.3 Å². The van der Waals surface area contributed by atoms with E-state index >= 15 is 0 Å². The van der Waals surface area contributed by atoms with Crippen LogP contribution < -0.4 is 4.72 Å². The van der Waals surface area contributed by atoms with Gasteiger partial charge in [-0.3, -0.25) is 0 Å². The third-order valence-corrected chi connectivity index (χ3v) is 4.27. The number of aliphatic hydroxyl groups is 1. The summed E-state index contributed by atoms with van der Waals surface area (Å²) in [4.78, 5) is 0. The second kappa shape index (κ2) is 6.80. The minimum atomic E-state index is -3.47. The molecule has 0 radical (unpaired) electrons. The predicted molar refractivity (Wildman–Crippen MR) is 78.2 cm³/mol. The average Bonchev–Trinajstić information content (AvgIpc) is 2.47. The van der Waals surface area contributed by atoms with Crippen LogP contribution >= 0.6 is 0 Å². The zero-order chi connectivity index (χ0) is 15.3. The number of aliphatic hydroxyl groups excluding tert-OH is 1. The molecule has 0 aliphatic rings. The van der Waals surface area contributed by atoms with Crippen LogP contribution in [-0.4, -0.2) is 13.5 Å². The molecular weight excluding hydrogens is 293 g/mol. The minimum absolute atomic E-state index is 0.0736.